The van der Waals surface area contributed by atoms with Crippen LogP contribution in [0.3, 0.4) is 0 Å². The zero-order chi connectivity index (χ0) is 20.2. The highest BCUT2D eigenvalue weighted by atomic mass is 32.1. The van der Waals surface area contributed by atoms with E-state index in [-0.39, 0.29) is 17.3 Å². The standard InChI is InChI=1S/C18H15N7O3S/c1-28-12-4-5-13-14(7-12)29-18(23-13)24-17-15(25(26)27)16(21-10-22-17)20-9-11-3-2-6-19-8-11/h2-8,10H,9H2,1H3,(H2,20,21,22,23,24). The van der Waals surface area contributed by atoms with Crippen LogP contribution in [0.4, 0.5) is 22.5 Å². The summed E-state index contributed by atoms with van der Waals surface area (Å²) in [7, 11) is 1.59. The van der Waals surface area contributed by atoms with E-state index >= 15 is 0 Å². The summed E-state index contributed by atoms with van der Waals surface area (Å²) < 4.78 is 6.10. The van der Waals surface area contributed by atoms with E-state index in [1.807, 2.05) is 18.2 Å². The summed E-state index contributed by atoms with van der Waals surface area (Å²) in [6.45, 7) is 0.339. The van der Waals surface area contributed by atoms with E-state index in [0.29, 0.717) is 17.4 Å². The molecule has 0 saturated heterocycles. The number of nitro groups is 1. The second-order valence-electron chi connectivity index (χ2n) is 5.87. The zero-order valence-corrected chi connectivity index (χ0v) is 16.0. The molecule has 2 N–H and O–H groups in total. The number of nitrogens with one attached hydrogen (secondary N) is 2. The van der Waals surface area contributed by atoms with Crippen molar-refractivity contribution in [2.24, 2.45) is 0 Å². The van der Waals surface area contributed by atoms with Crippen LogP contribution in [-0.2, 0) is 6.54 Å². The normalized spacial score (nSPS) is 10.7. The van der Waals surface area contributed by atoms with Gasteiger partial charge in [0.2, 0.25) is 11.6 Å². The average Bonchev–Trinajstić information content (AvgIpc) is 3.14. The van der Waals surface area contributed by atoms with Gasteiger partial charge in [0, 0.05) is 18.9 Å². The van der Waals surface area contributed by atoms with Crippen molar-refractivity contribution in [3.8, 4) is 5.75 Å². The molecule has 0 amide bonds. The average molecular weight is 409 g/mol. The van der Waals surface area contributed by atoms with Gasteiger partial charge in [-0.25, -0.2) is 15.0 Å². The Kier molecular flexibility index (Phi) is 5.12. The van der Waals surface area contributed by atoms with Crippen LogP contribution < -0.4 is 15.4 Å². The van der Waals surface area contributed by atoms with Crippen LogP contribution in [0.15, 0.2) is 49.1 Å². The molecule has 4 rings (SSSR count). The molecule has 0 saturated carbocycles. The molecular weight excluding hydrogens is 394 g/mol. The predicted molar refractivity (Wildman–Crippen MR) is 110 cm³/mol. The lowest BCUT2D eigenvalue weighted by Gasteiger charge is -2.08. The molecular formula is C18H15N7O3S. The number of nitrogens with zero attached hydrogens (tertiary/aromatic N) is 5. The predicted octanol–water partition coefficient (Wildman–Crippen LogP) is 3.75. The lowest BCUT2D eigenvalue weighted by Crippen LogP contribution is -2.08. The fourth-order valence-corrected chi connectivity index (χ4v) is 3.54. The van der Waals surface area contributed by atoms with E-state index in [0.717, 1.165) is 15.8 Å². The van der Waals surface area contributed by atoms with Crippen molar-refractivity contribution in [3.63, 3.8) is 0 Å². The summed E-state index contributed by atoms with van der Waals surface area (Å²) in [6, 6.07) is 9.14. The van der Waals surface area contributed by atoms with Crippen LogP contribution in [-0.4, -0.2) is 32.0 Å². The molecule has 3 heterocycles. The van der Waals surface area contributed by atoms with Crippen LogP contribution in [0, 0.1) is 10.1 Å². The molecule has 0 radical (unpaired) electrons. The van der Waals surface area contributed by atoms with E-state index in [9.17, 15) is 10.1 Å². The number of aromatic nitrogens is 4. The molecule has 4 aromatic rings. The molecule has 3 aromatic heterocycles. The molecule has 0 aliphatic carbocycles. The second-order valence-corrected chi connectivity index (χ2v) is 6.90. The quantitative estimate of drug-likeness (QED) is 0.346. The minimum absolute atomic E-state index is 0.0599. The Bertz CT molecular complexity index is 1170. The highest BCUT2D eigenvalue weighted by molar-refractivity contribution is 7.22. The third-order valence-corrected chi connectivity index (χ3v) is 4.94. The van der Waals surface area contributed by atoms with Crippen molar-refractivity contribution in [2.45, 2.75) is 6.54 Å². The SMILES string of the molecule is COc1ccc2nc(Nc3ncnc(NCc4cccnc4)c3[N+](=O)[O-])sc2c1. The number of anilines is 3. The molecule has 0 unspecified atom stereocenters. The van der Waals surface area contributed by atoms with Crippen molar-refractivity contribution in [2.75, 3.05) is 17.7 Å². The Labute approximate surface area is 168 Å². The van der Waals surface area contributed by atoms with Gasteiger partial charge in [0.25, 0.3) is 0 Å². The first-order chi connectivity index (χ1) is 14.1. The van der Waals surface area contributed by atoms with Crippen molar-refractivity contribution >= 4 is 44.0 Å². The number of ether oxygens (including phenoxy) is 1. The fraction of sp³-hybridized carbons (Fsp3) is 0.111. The van der Waals surface area contributed by atoms with Crippen LogP contribution in [0.5, 0.6) is 5.75 Å². The maximum Gasteiger partial charge on any atom is 0.353 e. The van der Waals surface area contributed by atoms with Crippen LogP contribution in [0.2, 0.25) is 0 Å². The number of methoxy groups -OCH3 is 1. The largest absolute Gasteiger partial charge is 0.497 e. The van der Waals surface area contributed by atoms with Crippen LogP contribution in [0.1, 0.15) is 5.56 Å². The summed E-state index contributed by atoms with van der Waals surface area (Å²) in [5.74, 6) is 0.881. The summed E-state index contributed by atoms with van der Waals surface area (Å²) in [6.07, 6.45) is 4.60. The van der Waals surface area contributed by atoms with Gasteiger partial charge < -0.3 is 15.4 Å². The molecule has 0 atom stereocenters. The Morgan fingerprint density at radius 2 is 2.10 bits per heavy atom. The smallest absolute Gasteiger partial charge is 0.353 e. The van der Waals surface area contributed by atoms with E-state index in [1.54, 1.807) is 31.6 Å². The maximum atomic E-state index is 11.7. The van der Waals surface area contributed by atoms with Gasteiger partial charge in [0.15, 0.2) is 5.13 Å². The van der Waals surface area contributed by atoms with Gasteiger partial charge in [-0.1, -0.05) is 17.4 Å². The molecule has 1 aromatic carbocycles. The van der Waals surface area contributed by atoms with Crippen LogP contribution in [0.25, 0.3) is 10.2 Å². The summed E-state index contributed by atoms with van der Waals surface area (Å²) in [5.41, 5.74) is 1.37. The molecule has 146 valence electrons. The van der Waals surface area contributed by atoms with Gasteiger partial charge in [-0.3, -0.25) is 15.1 Å². The lowest BCUT2D eigenvalue weighted by molar-refractivity contribution is -0.383. The Balaban J connectivity index is 1.62. The third kappa shape index (κ3) is 4.04. The number of rotatable bonds is 7. The van der Waals surface area contributed by atoms with Crippen LogP contribution >= 0.6 is 11.3 Å². The maximum absolute atomic E-state index is 11.7. The number of fused-ring (bicyclic) bond motifs is 1. The summed E-state index contributed by atoms with van der Waals surface area (Å²) in [5, 5.41) is 18.1. The third-order valence-electron chi connectivity index (χ3n) is 4.01. The van der Waals surface area contributed by atoms with E-state index in [1.165, 1.54) is 17.7 Å². The zero-order valence-electron chi connectivity index (χ0n) is 15.2. The van der Waals surface area contributed by atoms with Gasteiger partial charge in [0.1, 0.15) is 12.1 Å². The summed E-state index contributed by atoms with van der Waals surface area (Å²) in [4.78, 5) is 27.7. The van der Waals surface area contributed by atoms with Gasteiger partial charge in [0.05, 0.1) is 22.2 Å². The minimum atomic E-state index is -0.524. The number of thiazole rings is 1. The van der Waals surface area contributed by atoms with Crippen molar-refractivity contribution < 1.29 is 9.66 Å². The van der Waals surface area contributed by atoms with Gasteiger partial charge in [-0.2, -0.15) is 0 Å². The molecule has 0 aliphatic heterocycles. The van der Waals surface area contributed by atoms with Gasteiger partial charge in [-0.15, -0.1) is 0 Å². The fourth-order valence-electron chi connectivity index (χ4n) is 2.65. The number of benzene rings is 1. The molecule has 0 bridgehead atoms. The highest BCUT2D eigenvalue weighted by Gasteiger charge is 2.24. The van der Waals surface area contributed by atoms with Gasteiger partial charge >= 0.3 is 5.69 Å². The summed E-state index contributed by atoms with van der Waals surface area (Å²) >= 11 is 1.34. The molecule has 11 heteroatoms. The van der Waals surface area contributed by atoms with E-state index < -0.39 is 4.92 Å². The first-order valence-electron chi connectivity index (χ1n) is 8.48. The molecule has 29 heavy (non-hydrogen) atoms. The van der Waals surface area contributed by atoms with Gasteiger partial charge in [-0.05, 0) is 29.8 Å². The first kappa shape index (κ1) is 18.5. The van der Waals surface area contributed by atoms with E-state index in [4.69, 9.17) is 4.74 Å². The highest BCUT2D eigenvalue weighted by Crippen LogP contribution is 2.35. The molecule has 0 aliphatic rings. The van der Waals surface area contributed by atoms with Crippen molar-refractivity contribution in [1.29, 1.82) is 0 Å². The Morgan fingerprint density at radius 3 is 2.86 bits per heavy atom. The lowest BCUT2D eigenvalue weighted by atomic mass is 10.3. The minimum Gasteiger partial charge on any atom is -0.497 e. The topological polar surface area (TPSA) is 128 Å². The number of hydrogen-bond acceptors (Lipinski definition) is 10. The monoisotopic (exact) mass is 409 g/mol. The molecule has 0 spiro atoms. The number of pyridine rings is 1. The Hall–Kier alpha value is -3.86. The number of hydrogen-bond donors (Lipinski definition) is 2. The second kappa shape index (κ2) is 8.02. The van der Waals surface area contributed by atoms with Crippen molar-refractivity contribution in [3.05, 3.63) is 64.7 Å². The molecule has 10 nitrogen and oxygen atoms in total. The van der Waals surface area contributed by atoms with Crippen molar-refractivity contribution in [1.82, 2.24) is 19.9 Å². The molecule has 0 fully saturated rings. The Morgan fingerprint density at radius 1 is 1.24 bits per heavy atom. The first-order valence-corrected chi connectivity index (χ1v) is 9.29. The van der Waals surface area contributed by atoms with E-state index in [2.05, 4.69) is 30.6 Å².